The highest BCUT2D eigenvalue weighted by Crippen LogP contribution is 2.32. The number of hydrogen-bond acceptors (Lipinski definition) is 6. The normalized spacial score (nSPS) is 14.5. The molecule has 1 aliphatic heterocycles. The first-order valence-electron chi connectivity index (χ1n) is 11.2. The number of rotatable bonds is 10. The lowest BCUT2D eigenvalue weighted by Crippen LogP contribution is -2.49. The molecule has 0 fully saturated rings. The number of sulfonamides is 1. The number of nitrogens with one attached hydrogen (secondary N) is 2. The van der Waals surface area contributed by atoms with Gasteiger partial charge in [-0.15, -0.1) is 0 Å². The van der Waals surface area contributed by atoms with Crippen LogP contribution in [0.3, 0.4) is 0 Å². The lowest BCUT2D eigenvalue weighted by molar-refractivity contribution is -0.123. The van der Waals surface area contributed by atoms with Crippen LogP contribution in [0.5, 0.6) is 11.5 Å². The highest BCUT2D eigenvalue weighted by molar-refractivity contribution is 7.89. The third-order valence-corrected chi connectivity index (χ3v) is 6.73. The van der Waals surface area contributed by atoms with Crippen LogP contribution in [0.25, 0.3) is 0 Å². The molecule has 0 radical (unpaired) electrons. The maximum absolute atomic E-state index is 13.1. The Bertz CT molecular complexity index is 1050. The maximum Gasteiger partial charge on any atom is 0.241 e. The van der Waals surface area contributed by atoms with E-state index in [1.807, 2.05) is 31.2 Å². The molecule has 33 heavy (non-hydrogen) atoms. The molecule has 2 aromatic rings. The van der Waals surface area contributed by atoms with Crippen molar-refractivity contribution in [1.82, 2.24) is 10.0 Å². The van der Waals surface area contributed by atoms with Crippen LogP contribution < -0.4 is 19.5 Å². The van der Waals surface area contributed by atoms with Crippen molar-refractivity contribution in [3.8, 4) is 11.5 Å². The quantitative estimate of drug-likeness (QED) is 0.547. The molecule has 1 atom stereocenters. The second-order valence-electron chi connectivity index (χ2n) is 8.13. The lowest BCUT2D eigenvalue weighted by atomic mass is 10.0. The topological polar surface area (TPSA) is 103 Å². The first kappa shape index (κ1) is 25.0. The lowest BCUT2D eigenvalue weighted by Gasteiger charge is -2.22. The summed E-state index contributed by atoms with van der Waals surface area (Å²) in [5.74, 6) is 0.232. The Morgan fingerprint density at radius 2 is 1.76 bits per heavy atom. The van der Waals surface area contributed by atoms with Crippen molar-refractivity contribution in [3.63, 3.8) is 0 Å². The number of fused-ring (bicyclic) bond motifs is 1. The summed E-state index contributed by atoms with van der Waals surface area (Å²) in [5, 5.41) is 2.86. The van der Waals surface area contributed by atoms with E-state index in [-0.39, 0.29) is 17.4 Å². The van der Waals surface area contributed by atoms with E-state index < -0.39 is 22.0 Å². The predicted molar refractivity (Wildman–Crippen MR) is 125 cm³/mol. The standard InChI is InChI=1S/C24H32N2O6S/c1-4-30-16-19-9-6-5-8-18(19)15-25-24(27)23(17(2)3)26-33(28,29)20-10-11-21-22(14-20)32-13-7-12-31-21/h5-6,8-11,14,17,23,26H,4,7,12-13,15-16H2,1-3H3,(H,25,27). The summed E-state index contributed by atoms with van der Waals surface area (Å²) < 4.78 is 45.4. The molecule has 1 aliphatic rings. The van der Waals surface area contributed by atoms with Crippen LogP contribution in [-0.2, 0) is 32.7 Å². The van der Waals surface area contributed by atoms with Crippen LogP contribution in [0.4, 0.5) is 0 Å². The number of benzene rings is 2. The maximum atomic E-state index is 13.1. The largest absolute Gasteiger partial charge is 0.490 e. The molecular formula is C24H32N2O6S. The molecule has 0 aromatic heterocycles. The number of hydrogen-bond donors (Lipinski definition) is 2. The summed E-state index contributed by atoms with van der Waals surface area (Å²) >= 11 is 0. The van der Waals surface area contributed by atoms with Gasteiger partial charge in [0.1, 0.15) is 6.04 Å². The molecule has 180 valence electrons. The van der Waals surface area contributed by atoms with E-state index in [9.17, 15) is 13.2 Å². The Labute approximate surface area is 195 Å². The highest BCUT2D eigenvalue weighted by atomic mass is 32.2. The van der Waals surface area contributed by atoms with Gasteiger partial charge in [-0.1, -0.05) is 38.1 Å². The van der Waals surface area contributed by atoms with E-state index in [1.165, 1.54) is 12.1 Å². The van der Waals surface area contributed by atoms with Gasteiger partial charge in [0.25, 0.3) is 0 Å². The minimum absolute atomic E-state index is 0.0206. The second kappa shape index (κ2) is 11.5. The summed E-state index contributed by atoms with van der Waals surface area (Å²) in [6, 6.07) is 11.2. The molecule has 9 heteroatoms. The van der Waals surface area contributed by atoms with Crippen molar-refractivity contribution in [2.24, 2.45) is 5.92 Å². The van der Waals surface area contributed by atoms with Crippen LogP contribution in [0.2, 0.25) is 0 Å². The average Bonchev–Trinajstić information content (AvgIpc) is 3.05. The molecule has 3 rings (SSSR count). The Balaban J connectivity index is 1.71. The van der Waals surface area contributed by atoms with E-state index in [4.69, 9.17) is 14.2 Å². The molecule has 1 heterocycles. The van der Waals surface area contributed by atoms with Gasteiger partial charge in [-0.3, -0.25) is 4.79 Å². The summed E-state index contributed by atoms with van der Waals surface area (Å²) in [5.41, 5.74) is 1.90. The molecule has 8 nitrogen and oxygen atoms in total. The molecule has 0 saturated heterocycles. The van der Waals surface area contributed by atoms with Crippen molar-refractivity contribution < 1.29 is 27.4 Å². The SMILES string of the molecule is CCOCc1ccccc1CNC(=O)C(NS(=O)(=O)c1ccc2c(c1)OCCCO2)C(C)C. The molecule has 1 amide bonds. The van der Waals surface area contributed by atoms with Crippen molar-refractivity contribution in [2.45, 2.75) is 51.3 Å². The zero-order valence-corrected chi connectivity index (χ0v) is 20.1. The molecule has 0 bridgehead atoms. The van der Waals surface area contributed by atoms with Crippen LogP contribution in [0, 0.1) is 5.92 Å². The molecule has 0 saturated carbocycles. The van der Waals surface area contributed by atoms with E-state index in [2.05, 4.69) is 10.0 Å². The smallest absolute Gasteiger partial charge is 0.241 e. The molecule has 1 unspecified atom stereocenters. The van der Waals surface area contributed by atoms with Crippen molar-refractivity contribution in [3.05, 3.63) is 53.6 Å². The number of carbonyl (C=O) groups is 1. The van der Waals surface area contributed by atoms with Gasteiger partial charge in [-0.2, -0.15) is 4.72 Å². The number of amides is 1. The van der Waals surface area contributed by atoms with Gasteiger partial charge in [0.05, 0.1) is 24.7 Å². The number of carbonyl (C=O) groups excluding carboxylic acids is 1. The summed E-state index contributed by atoms with van der Waals surface area (Å²) in [6.45, 7) is 7.80. The minimum Gasteiger partial charge on any atom is -0.490 e. The Kier molecular flexibility index (Phi) is 8.71. The first-order valence-corrected chi connectivity index (χ1v) is 12.6. The van der Waals surface area contributed by atoms with Gasteiger partial charge in [-0.25, -0.2) is 8.42 Å². The van der Waals surface area contributed by atoms with Gasteiger partial charge in [0.15, 0.2) is 11.5 Å². The zero-order valence-electron chi connectivity index (χ0n) is 19.3. The zero-order chi connectivity index (χ0) is 23.8. The average molecular weight is 477 g/mol. The summed E-state index contributed by atoms with van der Waals surface area (Å²) in [7, 11) is -3.96. The van der Waals surface area contributed by atoms with E-state index in [0.717, 1.165) is 17.5 Å². The molecular weight excluding hydrogens is 444 g/mol. The second-order valence-corrected chi connectivity index (χ2v) is 9.84. The van der Waals surface area contributed by atoms with E-state index >= 15 is 0 Å². The van der Waals surface area contributed by atoms with Crippen LogP contribution in [0.1, 0.15) is 38.3 Å². The molecule has 0 aliphatic carbocycles. The van der Waals surface area contributed by atoms with Gasteiger partial charge in [0.2, 0.25) is 15.9 Å². The highest BCUT2D eigenvalue weighted by Gasteiger charge is 2.29. The third kappa shape index (κ3) is 6.69. The van der Waals surface area contributed by atoms with Crippen molar-refractivity contribution in [2.75, 3.05) is 19.8 Å². The first-order chi connectivity index (χ1) is 15.8. The number of ether oxygens (including phenoxy) is 3. The molecule has 0 spiro atoms. The van der Waals surface area contributed by atoms with Gasteiger partial charge < -0.3 is 19.5 Å². The fourth-order valence-electron chi connectivity index (χ4n) is 3.41. The van der Waals surface area contributed by atoms with Crippen LogP contribution >= 0.6 is 0 Å². The Morgan fingerprint density at radius 3 is 2.45 bits per heavy atom. The van der Waals surface area contributed by atoms with Crippen molar-refractivity contribution >= 4 is 15.9 Å². The minimum atomic E-state index is -3.96. The summed E-state index contributed by atoms with van der Waals surface area (Å²) in [6.07, 6.45) is 0.721. The van der Waals surface area contributed by atoms with Gasteiger partial charge in [0, 0.05) is 25.6 Å². The Morgan fingerprint density at radius 1 is 1.06 bits per heavy atom. The summed E-state index contributed by atoms with van der Waals surface area (Å²) in [4.78, 5) is 13.0. The fraction of sp³-hybridized carbons (Fsp3) is 0.458. The third-order valence-electron chi connectivity index (χ3n) is 5.29. The van der Waals surface area contributed by atoms with E-state index in [0.29, 0.717) is 37.9 Å². The molecule has 2 N–H and O–H groups in total. The van der Waals surface area contributed by atoms with E-state index in [1.54, 1.807) is 19.9 Å². The van der Waals surface area contributed by atoms with Gasteiger partial charge >= 0.3 is 0 Å². The van der Waals surface area contributed by atoms with Gasteiger partial charge in [-0.05, 0) is 36.1 Å². The molecule has 2 aromatic carbocycles. The van der Waals surface area contributed by atoms with Crippen molar-refractivity contribution in [1.29, 1.82) is 0 Å². The Hall–Kier alpha value is -2.62. The van der Waals surface area contributed by atoms with Crippen LogP contribution in [0.15, 0.2) is 47.4 Å². The fourth-order valence-corrected chi connectivity index (χ4v) is 4.77. The van der Waals surface area contributed by atoms with Crippen LogP contribution in [-0.4, -0.2) is 40.2 Å². The monoisotopic (exact) mass is 476 g/mol. The predicted octanol–water partition coefficient (Wildman–Crippen LogP) is 3.00.